The molecule has 27 heavy (non-hydrogen) atoms. The number of hydrogen-bond donors (Lipinski definition) is 2. The van der Waals surface area contributed by atoms with Crippen LogP contribution in [0.25, 0.3) is 0 Å². The Hall–Kier alpha value is -2.62. The SMILES string of the molecule is Cc1ccc(C(=O)Nc2cccc(CN[C@H](C)c3ccccc3Cl)c2)cc1. The molecule has 0 spiro atoms. The molecule has 0 aliphatic rings. The Labute approximate surface area is 165 Å². The zero-order valence-corrected chi connectivity index (χ0v) is 16.3. The number of anilines is 1. The second-order valence-corrected chi connectivity index (χ2v) is 7.05. The maximum atomic E-state index is 12.4. The lowest BCUT2D eigenvalue weighted by Gasteiger charge is -2.16. The van der Waals surface area contributed by atoms with E-state index in [9.17, 15) is 4.79 Å². The van der Waals surface area contributed by atoms with Crippen LogP contribution in [0.15, 0.2) is 72.8 Å². The molecule has 0 aliphatic carbocycles. The number of hydrogen-bond acceptors (Lipinski definition) is 2. The molecule has 0 aliphatic heterocycles. The zero-order chi connectivity index (χ0) is 19.2. The first-order valence-electron chi connectivity index (χ1n) is 8.97. The van der Waals surface area contributed by atoms with Crippen molar-refractivity contribution in [2.45, 2.75) is 26.4 Å². The number of carbonyl (C=O) groups is 1. The van der Waals surface area contributed by atoms with Crippen molar-refractivity contribution in [2.24, 2.45) is 0 Å². The normalized spacial score (nSPS) is 11.8. The average molecular weight is 379 g/mol. The Morgan fingerprint density at radius 3 is 2.48 bits per heavy atom. The van der Waals surface area contributed by atoms with E-state index in [0.29, 0.717) is 12.1 Å². The third kappa shape index (κ3) is 5.19. The van der Waals surface area contributed by atoms with Crippen molar-refractivity contribution in [3.8, 4) is 0 Å². The van der Waals surface area contributed by atoms with Crippen LogP contribution in [-0.4, -0.2) is 5.91 Å². The van der Waals surface area contributed by atoms with Gasteiger partial charge in [-0.15, -0.1) is 0 Å². The summed E-state index contributed by atoms with van der Waals surface area (Å²) in [5.74, 6) is -0.107. The summed E-state index contributed by atoms with van der Waals surface area (Å²) in [6.45, 7) is 4.77. The van der Waals surface area contributed by atoms with Crippen molar-refractivity contribution in [1.29, 1.82) is 0 Å². The van der Waals surface area contributed by atoms with Crippen molar-refractivity contribution >= 4 is 23.2 Å². The van der Waals surface area contributed by atoms with Gasteiger partial charge in [0.15, 0.2) is 0 Å². The van der Waals surface area contributed by atoms with Gasteiger partial charge in [0.2, 0.25) is 0 Å². The molecule has 3 rings (SSSR count). The standard InChI is InChI=1S/C23H23ClN2O/c1-16-10-12-19(13-11-16)23(27)26-20-7-5-6-18(14-20)15-25-17(2)21-8-3-4-9-22(21)24/h3-14,17,25H,15H2,1-2H3,(H,26,27)/t17-/m1/s1. The van der Waals surface area contributed by atoms with Crippen LogP contribution in [0.5, 0.6) is 0 Å². The van der Waals surface area contributed by atoms with E-state index < -0.39 is 0 Å². The molecule has 3 nitrogen and oxygen atoms in total. The zero-order valence-electron chi connectivity index (χ0n) is 15.5. The lowest BCUT2D eigenvalue weighted by atomic mass is 10.1. The molecule has 138 valence electrons. The van der Waals surface area contributed by atoms with Gasteiger partial charge in [0, 0.05) is 28.9 Å². The van der Waals surface area contributed by atoms with Crippen LogP contribution in [0.1, 0.15) is 40.0 Å². The molecule has 3 aromatic carbocycles. The highest BCUT2D eigenvalue weighted by Crippen LogP contribution is 2.22. The number of rotatable bonds is 6. The number of carbonyl (C=O) groups excluding carboxylic acids is 1. The van der Waals surface area contributed by atoms with E-state index in [1.54, 1.807) is 0 Å². The molecule has 0 aromatic heterocycles. The molecule has 3 aromatic rings. The van der Waals surface area contributed by atoms with Gasteiger partial charge in [-0.25, -0.2) is 0 Å². The van der Waals surface area contributed by atoms with E-state index in [1.807, 2.05) is 79.7 Å². The number of amides is 1. The first kappa shape index (κ1) is 19.2. The smallest absolute Gasteiger partial charge is 0.255 e. The fourth-order valence-corrected chi connectivity index (χ4v) is 3.17. The third-order valence-corrected chi connectivity index (χ3v) is 4.83. The molecule has 0 radical (unpaired) electrons. The van der Waals surface area contributed by atoms with Crippen LogP contribution in [-0.2, 0) is 6.54 Å². The number of halogens is 1. The summed E-state index contributed by atoms with van der Waals surface area (Å²) in [7, 11) is 0. The second kappa shape index (κ2) is 8.85. The van der Waals surface area contributed by atoms with Gasteiger partial charge in [0.05, 0.1) is 0 Å². The Morgan fingerprint density at radius 1 is 1.00 bits per heavy atom. The van der Waals surface area contributed by atoms with E-state index >= 15 is 0 Å². The lowest BCUT2D eigenvalue weighted by Crippen LogP contribution is -2.18. The molecular weight excluding hydrogens is 356 g/mol. The molecule has 4 heteroatoms. The van der Waals surface area contributed by atoms with Crippen molar-refractivity contribution in [1.82, 2.24) is 5.32 Å². The minimum absolute atomic E-state index is 0.107. The predicted molar refractivity (Wildman–Crippen MR) is 112 cm³/mol. The summed E-state index contributed by atoms with van der Waals surface area (Å²) >= 11 is 6.26. The van der Waals surface area contributed by atoms with Gasteiger partial charge >= 0.3 is 0 Å². The van der Waals surface area contributed by atoms with Crippen LogP contribution >= 0.6 is 11.6 Å². The van der Waals surface area contributed by atoms with Crippen molar-refractivity contribution in [3.63, 3.8) is 0 Å². The van der Waals surface area contributed by atoms with Gasteiger partial charge in [0.25, 0.3) is 5.91 Å². The summed E-state index contributed by atoms with van der Waals surface area (Å²) in [5.41, 5.74) is 4.73. The first-order valence-corrected chi connectivity index (χ1v) is 9.35. The fraction of sp³-hybridized carbons (Fsp3) is 0.174. The minimum Gasteiger partial charge on any atom is -0.322 e. The molecular formula is C23H23ClN2O. The first-order chi connectivity index (χ1) is 13.0. The predicted octanol–water partition coefficient (Wildman–Crippen LogP) is 5.75. The van der Waals surface area contributed by atoms with E-state index in [0.717, 1.165) is 27.4 Å². The minimum atomic E-state index is -0.107. The van der Waals surface area contributed by atoms with Crippen LogP contribution in [0.3, 0.4) is 0 Å². The monoisotopic (exact) mass is 378 g/mol. The summed E-state index contributed by atoms with van der Waals surface area (Å²) in [4.78, 5) is 12.4. The largest absolute Gasteiger partial charge is 0.322 e. The summed E-state index contributed by atoms with van der Waals surface area (Å²) < 4.78 is 0. The van der Waals surface area contributed by atoms with Crippen molar-refractivity contribution in [3.05, 3.63) is 100 Å². The number of nitrogens with one attached hydrogen (secondary N) is 2. The number of aryl methyl sites for hydroxylation is 1. The molecule has 1 atom stereocenters. The molecule has 0 saturated heterocycles. The maximum absolute atomic E-state index is 12.4. The van der Waals surface area contributed by atoms with Crippen LogP contribution in [0.4, 0.5) is 5.69 Å². The Morgan fingerprint density at radius 2 is 1.74 bits per heavy atom. The van der Waals surface area contributed by atoms with Gasteiger partial charge in [-0.05, 0) is 55.3 Å². The van der Waals surface area contributed by atoms with Gasteiger partial charge in [-0.3, -0.25) is 4.79 Å². The molecule has 0 fully saturated rings. The molecule has 0 unspecified atom stereocenters. The summed E-state index contributed by atoms with van der Waals surface area (Å²) in [5, 5.41) is 7.20. The van der Waals surface area contributed by atoms with Gasteiger partial charge in [-0.2, -0.15) is 0 Å². The van der Waals surface area contributed by atoms with Gasteiger partial charge in [-0.1, -0.05) is 59.6 Å². The summed E-state index contributed by atoms with van der Waals surface area (Å²) in [6, 6.07) is 23.4. The fourth-order valence-electron chi connectivity index (χ4n) is 2.87. The van der Waals surface area contributed by atoms with Crippen LogP contribution in [0, 0.1) is 6.92 Å². The van der Waals surface area contributed by atoms with Crippen LogP contribution in [0.2, 0.25) is 5.02 Å². The van der Waals surface area contributed by atoms with Crippen LogP contribution < -0.4 is 10.6 Å². The second-order valence-electron chi connectivity index (χ2n) is 6.64. The van der Waals surface area contributed by atoms with Gasteiger partial charge in [0.1, 0.15) is 0 Å². The number of benzene rings is 3. The molecule has 0 bridgehead atoms. The Balaban J connectivity index is 1.62. The maximum Gasteiger partial charge on any atom is 0.255 e. The molecule has 1 amide bonds. The van der Waals surface area contributed by atoms with E-state index in [1.165, 1.54) is 0 Å². The highest BCUT2D eigenvalue weighted by molar-refractivity contribution is 6.31. The Bertz CT molecular complexity index is 922. The molecule has 0 heterocycles. The Kier molecular flexibility index (Phi) is 6.28. The third-order valence-electron chi connectivity index (χ3n) is 4.48. The van der Waals surface area contributed by atoms with Crippen molar-refractivity contribution in [2.75, 3.05) is 5.32 Å². The van der Waals surface area contributed by atoms with E-state index in [2.05, 4.69) is 17.6 Å². The topological polar surface area (TPSA) is 41.1 Å². The summed E-state index contributed by atoms with van der Waals surface area (Å²) in [6.07, 6.45) is 0. The highest BCUT2D eigenvalue weighted by atomic mass is 35.5. The molecule has 0 saturated carbocycles. The quantitative estimate of drug-likeness (QED) is 0.573. The molecule has 2 N–H and O–H groups in total. The average Bonchev–Trinajstić information content (AvgIpc) is 2.67. The lowest BCUT2D eigenvalue weighted by molar-refractivity contribution is 0.102. The highest BCUT2D eigenvalue weighted by Gasteiger charge is 2.09. The van der Waals surface area contributed by atoms with Gasteiger partial charge < -0.3 is 10.6 Å². The van der Waals surface area contributed by atoms with E-state index in [4.69, 9.17) is 11.6 Å². The van der Waals surface area contributed by atoms with Crippen molar-refractivity contribution < 1.29 is 4.79 Å². The van der Waals surface area contributed by atoms with E-state index in [-0.39, 0.29) is 11.9 Å².